The highest BCUT2D eigenvalue weighted by atomic mass is 32.2. The van der Waals surface area contributed by atoms with Gasteiger partial charge in [0, 0.05) is 13.0 Å². The van der Waals surface area contributed by atoms with Crippen LogP contribution in [0.15, 0.2) is 26.3 Å². The summed E-state index contributed by atoms with van der Waals surface area (Å²) >= 11 is 1.51. The van der Waals surface area contributed by atoms with E-state index in [4.69, 9.17) is 8.83 Å². The fourth-order valence-corrected chi connectivity index (χ4v) is 2.72. The third kappa shape index (κ3) is 2.78. The van der Waals surface area contributed by atoms with Crippen LogP contribution in [0.2, 0.25) is 0 Å². The Labute approximate surface area is 132 Å². The quantitative estimate of drug-likeness (QED) is 0.668. The van der Waals surface area contributed by atoms with Gasteiger partial charge in [-0.1, -0.05) is 25.6 Å². The first-order valence-electron chi connectivity index (χ1n) is 6.95. The van der Waals surface area contributed by atoms with E-state index in [0.29, 0.717) is 17.5 Å². The van der Waals surface area contributed by atoms with Crippen molar-refractivity contribution in [3.05, 3.63) is 29.9 Å². The Balaban J connectivity index is 1.73. The van der Waals surface area contributed by atoms with Crippen LogP contribution in [0, 0.1) is 6.92 Å². The molecule has 3 aromatic heterocycles. The maximum Gasteiger partial charge on any atom is 0.226 e. The van der Waals surface area contributed by atoms with Crippen molar-refractivity contribution in [3.8, 4) is 11.4 Å². The van der Waals surface area contributed by atoms with Gasteiger partial charge >= 0.3 is 0 Å². The van der Waals surface area contributed by atoms with Gasteiger partial charge in [-0.25, -0.2) is 0 Å². The number of hydrogen-bond donors (Lipinski definition) is 0. The van der Waals surface area contributed by atoms with Crippen LogP contribution in [-0.2, 0) is 12.8 Å². The van der Waals surface area contributed by atoms with Gasteiger partial charge in [0.15, 0.2) is 11.0 Å². The lowest BCUT2D eigenvalue weighted by atomic mass is 10.2. The van der Waals surface area contributed by atoms with Gasteiger partial charge < -0.3 is 13.4 Å². The van der Waals surface area contributed by atoms with E-state index in [1.165, 1.54) is 11.8 Å². The van der Waals surface area contributed by atoms with Crippen LogP contribution in [0.5, 0.6) is 0 Å². The van der Waals surface area contributed by atoms with Gasteiger partial charge in [0.25, 0.3) is 0 Å². The van der Waals surface area contributed by atoms with Gasteiger partial charge in [-0.15, -0.1) is 20.4 Å². The van der Waals surface area contributed by atoms with Crippen molar-refractivity contribution in [3.63, 3.8) is 0 Å². The van der Waals surface area contributed by atoms with E-state index in [2.05, 4.69) is 20.4 Å². The predicted octanol–water partition coefficient (Wildman–Crippen LogP) is 3.18. The van der Waals surface area contributed by atoms with E-state index in [1.807, 2.05) is 38.5 Å². The SMILES string of the molecule is Cc1occc1-c1nnc(SCc2nnc(C(C)C)o2)n1C. The maximum absolute atomic E-state index is 5.59. The average Bonchev–Trinajstić information content (AvgIpc) is 3.17. The third-order valence-corrected chi connectivity index (χ3v) is 4.24. The summed E-state index contributed by atoms with van der Waals surface area (Å²) in [6, 6.07) is 1.89. The fraction of sp³-hybridized carbons (Fsp3) is 0.429. The van der Waals surface area contributed by atoms with E-state index >= 15 is 0 Å². The topological polar surface area (TPSA) is 82.8 Å². The highest BCUT2D eigenvalue weighted by Gasteiger charge is 2.16. The molecule has 0 unspecified atom stereocenters. The number of aryl methyl sites for hydroxylation is 1. The van der Waals surface area contributed by atoms with Crippen LogP contribution < -0.4 is 0 Å². The molecule has 7 nitrogen and oxygen atoms in total. The average molecular weight is 319 g/mol. The van der Waals surface area contributed by atoms with Crippen molar-refractivity contribution in [2.24, 2.45) is 7.05 Å². The highest BCUT2D eigenvalue weighted by molar-refractivity contribution is 7.98. The van der Waals surface area contributed by atoms with Gasteiger partial charge in [-0.2, -0.15) is 0 Å². The van der Waals surface area contributed by atoms with Gasteiger partial charge in [-0.3, -0.25) is 0 Å². The lowest BCUT2D eigenvalue weighted by molar-refractivity contribution is 0.445. The van der Waals surface area contributed by atoms with Crippen molar-refractivity contribution >= 4 is 11.8 Å². The second-order valence-corrected chi connectivity index (χ2v) is 6.18. The number of aromatic nitrogens is 5. The molecule has 0 bridgehead atoms. The lowest BCUT2D eigenvalue weighted by Crippen LogP contribution is -1.95. The molecule has 116 valence electrons. The summed E-state index contributed by atoms with van der Waals surface area (Å²) in [5, 5.41) is 17.3. The van der Waals surface area contributed by atoms with Crippen LogP contribution >= 0.6 is 11.8 Å². The molecular formula is C14H17N5O2S. The first kappa shape index (κ1) is 14.8. The van der Waals surface area contributed by atoms with Crippen molar-refractivity contribution in [2.45, 2.75) is 37.6 Å². The minimum absolute atomic E-state index is 0.233. The summed E-state index contributed by atoms with van der Waals surface area (Å²) in [4.78, 5) is 0. The van der Waals surface area contributed by atoms with Gasteiger partial charge in [0.2, 0.25) is 11.8 Å². The minimum atomic E-state index is 0.233. The molecule has 8 heteroatoms. The summed E-state index contributed by atoms with van der Waals surface area (Å²) in [6.45, 7) is 5.95. The zero-order chi connectivity index (χ0) is 15.7. The van der Waals surface area contributed by atoms with E-state index in [0.717, 1.165) is 22.3 Å². The second-order valence-electron chi connectivity index (χ2n) is 5.23. The molecule has 3 heterocycles. The standard InChI is InChI=1S/C14H17N5O2S/c1-8(2)13-17-15-11(21-13)7-22-14-18-16-12(19(14)4)10-5-6-20-9(10)3/h5-6,8H,7H2,1-4H3. The molecule has 0 saturated carbocycles. The molecule has 0 aliphatic heterocycles. The monoisotopic (exact) mass is 319 g/mol. The van der Waals surface area contributed by atoms with Crippen LogP contribution in [0.3, 0.4) is 0 Å². The Morgan fingerprint density at radius 1 is 1.23 bits per heavy atom. The van der Waals surface area contributed by atoms with Crippen LogP contribution in [0.1, 0.15) is 37.3 Å². The number of hydrogen-bond acceptors (Lipinski definition) is 7. The van der Waals surface area contributed by atoms with Crippen molar-refractivity contribution in [1.82, 2.24) is 25.0 Å². The zero-order valence-corrected chi connectivity index (χ0v) is 13.7. The summed E-state index contributed by atoms with van der Waals surface area (Å²) in [5.41, 5.74) is 0.946. The molecule has 0 fully saturated rings. The Morgan fingerprint density at radius 3 is 2.68 bits per heavy atom. The van der Waals surface area contributed by atoms with Crippen LogP contribution in [-0.4, -0.2) is 25.0 Å². The molecule has 0 atom stereocenters. The van der Waals surface area contributed by atoms with Crippen LogP contribution in [0.25, 0.3) is 11.4 Å². The van der Waals surface area contributed by atoms with E-state index in [1.54, 1.807) is 6.26 Å². The molecule has 0 aromatic carbocycles. The number of thioether (sulfide) groups is 1. The molecule has 3 rings (SSSR count). The molecule has 3 aromatic rings. The Kier molecular flexibility index (Phi) is 4.02. The summed E-state index contributed by atoms with van der Waals surface area (Å²) in [6.07, 6.45) is 1.65. The summed E-state index contributed by atoms with van der Waals surface area (Å²) in [7, 11) is 1.93. The van der Waals surface area contributed by atoms with E-state index in [9.17, 15) is 0 Å². The first-order chi connectivity index (χ1) is 10.6. The minimum Gasteiger partial charge on any atom is -0.469 e. The van der Waals surface area contributed by atoms with Gasteiger partial charge in [0.05, 0.1) is 17.6 Å². The van der Waals surface area contributed by atoms with Gasteiger partial charge in [-0.05, 0) is 13.0 Å². The zero-order valence-electron chi connectivity index (χ0n) is 12.9. The summed E-state index contributed by atoms with van der Waals surface area (Å²) in [5.74, 6) is 3.65. The molecule has 0 radical (unpaired) electrons. The number of rotatable bonds is 5. The largest absolute Gasteiger partial charge is 0.469 e. The summed E-state index contributed by atoms with van der Waals surface area (Å²) < 4.78 is 12.8. The molecular weight excluding hydrogens is 302 g/mol. The molecule has 0 aliphatic rings. The second kappa shape index (κ2) is 5.96. The highest BCUT2D eigenvalue weighted by Crippen LogP contribution is 2.27. The maximum atomic E-state index is 5.59. The molecule has 0 saturated heterocycles. The molecule has 0 N–H and O–H groups in total. The predicted molar refractivity (Wildman–Crippen MR) is 81.4 cm³/mol. The Morgan fingerprint density at radius 2 is 2.05 bits per heavy atom. The van der Waals surface area contributed by atoms with E-state index in [-0.39, 0.29) is 5.92 Å². The van der Waals surface area contributed by atoms with Gasteiger partial charge in [0.1, 0.15) is 5.76 Å². The number of nitrogens with zero attached hydrogens (tertiary/aromatic N) is 5. The molecule has 22 heavy (non-hydrogen) atoms. The fourth-order valence-electron chi connectivity index (χ4n) is 1.98. The van der Waals surface area contributed by atoms with E-state index < -0.39 is 0 Å². The molecule has 0 amide bonds. The van der Waals surface area contributed by atoms with Crippen molar-refractivity contribution in [2.75, 3.05) is 0 Å². The molecule has 0 aliphatic carbocycles. The lowest BCUT2D eigenvalue weighted by Gasteiger charge is -2.01. The normalized spacial score (nSPS) is 11.5. The molecule has 0 spiro atoms. The Bertz CT molecular complexity index is 774. The van der Waals surface area contributed by atoms with Crippen molar-refractivity contribution in [1.29, 1.82) is 0 Å². The number of furan rings is 1. The van der Waals surface area contributed by atoms with Crippen LogP contribution in [0.4, 0.5) is 0 Å². The smallest absolute Gasteiger partial charge is 0.226 e. The third-order valence-electron chi connectivity index (χ3n) is 3.24. The van der Waals surface area contributed by atoms with Crippen molar-refractivity contribution < 1.29 is 8.83 Å². The Hall–Kier alpha value is -2.09. The first-order valence-corrected chi connectivity index (χ1v) is 7.93.